The van der Waals surface area contributed by atoms with Crippen LogP contribution in [0.1, 0.15) is 33.6 Å². The molecule has 0 aromatic heterocycles. The molecule has 0 saturated carbocycles. The Balaban J connectivity index is 2.18. The number of sulfonamides is 1. The third-order valence-corrected chi connectivity index (χ3v) is 6.18. The van der Waals surface area contributed by atoms with E-state index in [2.05, 4.69) is 5.32 Å². The van der Waals surface area contributed by atoms with Gasteiger partial charge in [0.2, 0.25) is 15.9 Å². The summed E-state index contributed by atoms with van der Waals surface area (Å²) in [5.74, 6) is 0.0275. The van der Waals surface area contributed by atoms with Crippen LogP contribution in [0, 0.1) is 5.92 Å². The third-order valence-electron chi connectivity index (χ3n) is 4.03. The first-order chi connectivity index (χ1) is 11.8. The van der Waals surface area contributed by atoms with E-state index in [0.717, 1.165) is 0 Å². The lowest BCUT2D eigenvalue weighted by molar-refractivity contribution is -0.126. The van der Waals surface area contributed by atoms with Gasteiger partial charge in [-0.25, -0.2) is 8.42 Å². The first kappa shape index (κ1) is 20.0. The molecule has 1 aliphatic rings. The van der Waals surface area contributed by atoms with Crippen LogP contribution >= 0.6 is 11.6 Å². The van der Waals surface area contributed by atoms with Gasteiger partial charge >= 0.3 is 0 Å². The van der Waals surface area contributed by atoms with Crippen molar-refractivity contribution in [3.63, 3.8) is 0 Å². The average Bonchev–Trinajstić information content (AvgIpc) is 2.56. The highest BCUT2D eigenvalue weighted by Crippen LogP contribution is 2.30. The Labute approximate surface area is 154 Å². The fourth-order valence-electron chi connectivity index (χ4n) is 2.84. The molecule has 1 N–H and O–H groups in total. The SMILES string of the molecule is CCOc1ccc(S(=O)(=O)N2CCC[C@H](C(=O)NC(C)C)C2)cc1Cl. The van der Waals surface area contributed by atoms with Crippen LogP contribution < -0.4 is 10.1 Å². The van der Waals surface area contributed by atoms with Crippen molar-refractivity contribution in [1.82, 2.24) is 9.62 Å². The number of benzene rings is 1. The van der Waals surface area contributed by atoms with Crippen LogP contribution in [0.25, 0.3) is 0 Å². The Morgan fingerprint density at radius 2 is 2.16 bits per heavy atom. The number of hydrogen-bond donors (Lipinski definition) is 1. The summed E-state index contributed by atoms with van der Waals surface area (Å²) in [6, 6.07) is 4.49. The number of carbonyl (C=O) groups is 1. The highest BCUT2D eigenvalue weighted by Gasteiger charge is 2.33. The molecule has 0 spiro atoms. The van der Waals surface area contributed by atoms with Crippen molar-refractivity contribution < 1.29 is 17.9 Å². The van der Waals surface area contributed by atoms with E-state index in [-0.39, 0.29) is 34.3 Å². The maximum absolute atomic E-state index is 12.9. The van der Waals surface area contributed by atoms with Gasteiger partial charge in [0.1, 0.15) is 5.75 Å². The summed E-state index contributed by atoms with van der Waals surface area (Å²) < 4.78 is 32.5. The monoisotopic (exact) mass is 388 g/mol. The van der Waals surface area contributed by atoms with Crippen molar-refractivity contribution in [2.45, 2.75) is 44.6 Å². The molecule has 2 rings (SSSR count). The van der Waals surface area contributed by atoms with Crippen LogP contribution in [-0.4, -0.2) is 44.4 Å². The number of amides is 1. The van der Waals surface area contributed by atoms with Crippen LogP contribution in [0.2, 0.25) is 5.02 Å². The van der Waals surface area contributed by atoms with E-state index in [9.17, 15) is 13.2 Å². The van der Waals surface area contributed by atoms with Gasteiger partial charge in [-0.3, -0.25) is 4.79 Å². The first-order valence-corrected chi connectivity index (χ1v) is 10.3. The van der Waals surface area contributed by atoms with Gasteiger partial charge in [-0.15, -0.1) is 0 Å². The third kappa shape index (κ3) is 4.86. The van der Waals surface area contributed by atoms with Gasteiger partial charge in [0.05, 0.1) is 22.4 Å². The molecule has 1 heterocycles. The molecule has 25 heavy (non-hydrogen) atoms. The Morgan fingerprint density at radius 3 is 2.76 bits per heavy atom. The number of ether oxygens (including phenoxy) is 1. The first-order valence-electron chi connectivity index (χ1n) is 8.48. The Hall–Kier alpha value is -1.31. The molecular weight excluding hydrogens is 364 g/mol. The average molecular weight is 389 g/mol. The Kier molecular flexibility index (Phi) is 6.71. The molecule has 0 radical (unpaired) electrons. The zero-order chi connectivity index (χ0) is 18.6. The standard InChI is InChI=1S/C17H25ClN2O4S/c1-4-24-16-8-7-14(10-15(16)18)25(22,23)20-9-5-6-13(11-20)17(21)19-12(2)3/h7-8,10,12-13H,4-6,9,11H2,1-3H3,(H,19,21)/t13-/m0/s1. The molecule has 140 valence electrons. The number of nitrogens with zero attached hydrogens (tertiary/aromatic N) is 1. The van der Waals surface area contributed by atoms with E-state index in [1.54, 1.807) is 6.07 Å². The van der Waals surface area contributed by atoms with Gasteiger partial charge in [0.15, 0.2) is 0 Å². The fraction of sp³-hybridized carbons (Fsp3) is 0.588. The number of halogens is 1. The minimum atomic E-state index is -3.70. The molecule has 6 nitrogen and oxygen atoms in total. The van der Waals surface area contributed by atoms with Crippen molar-refractivity contribution in [2.24, 2.45) is 5.92 Å². The summed E-state index contributed by atoms with van der Waals surface area (Å²) in [5, 5.41) is 3.12. The Bertz CT molecular complexity index is 721. The number of hydrogen-bond acceptors (Lipinski definition) is 4. The topological polar surface area (TPSA) is 75.7 Å². The predicted molar refractivity (Wildman–Crippen MR) is 97.4 cm³/mol. The zero-order valence-corrected chi connectivity index (χ0v) is 16.4. The number of nitrogens with one attached hydrogen (secondary N) is 1. The molecule has 1 atom stereocenters. The smallest absolute Gasteiger partial charge is 0.243 e. The van der Waals surface area contributed by atoms with Crippen molar-refractivity contribution in [3.8, 4) is 5.75 Å². The lowest BCUT2D eigenvalue weighted by atomic mass is 9.98. The Morgan fingerprint density at radius 1 is 1.44 bits per heavy atom. The molecule has 8 heteroatoms. The molecule has 0 unspecified atom stereocenters. The summed E-state index contributed by atoms with van der Waals surface area (Å²) in [5.41, 5.74) is 0. The molecule has 1 aliphatic heterocycles. The van der Waals surface area contributed by atoms with E-state index in [4.69, 9.17) is 16.3 Å². The van der Waals surface area contributed by atoms with E-state index < -0.39 is 10.0 Å². The maximum Gasteiger partial charge on any atom is 0.243 e. The van der Waals surface area contributed by atoms with Crippen LogP contribution in [0.3, 0.4) is 0 Å². The molecule has 1 aromatic rings. The summed E-state index contributed by atoms with van der Waals surface area (Å²) in [6.07, 6.45) is 1.34. The van der Waals surface area contributed by atoms with Crippen LogP contribution in [-0.2, 0) is 14.8 Å². The normalized spacial score (nSPS) is 19.0. The van der Waals surface area contributed by atoms with E-state index >= 15 is 0 Å². The largest absolute Gasteiger partial charge is 0.492 e. The van der Waals surface area contributed by atoms with Gasteiger partial charge in [0.25, 0.3) is 0 Å². The molecule has 1 fully saturated rings. The lowest BCUT2D eigenvalue weighted by Crippen LogP contribution is -2.46. The maximum atomic E-state index is 12.9. The second kappa shape index (κ2) is 8.38. The quantitative estimate of drug-likeness (QED) is 0.812. The van der Waals surface area contributed by atoms with Gasteiger partial charge in [-0.05, 0) is 51.8 Å². The van der Waals surface area contributed by atoms with E-state index in [0.29, 0.717) is 31.7 Å². The van der Waals surface area contributed by atoms with Gasteiger partial charge in [0, 0.05) is 19.1 Å². The molecule has 0 bridgehead atoms. The highest BCUT2D eigenvalue weighted by atomic mass is 35.5. The van der Waals surface area contributed by atoms with Crippen LogP contribution in [0.4, 0.5) is 0 Å². The van der Waals surface area contributed by atoms with Crippen LogP contribution in [0.15, 0.2) is 23.1 Å². The molecule has 0 aliphatic carbocycles. The van der Waals surface area contributed by atoms with Gasteiger partial charge in [-0.2, -0.15) is 4.31 Å². The number of carbonyl (C=O) groups excluding carboxylic acids is 1. The molecule has 1 amide bonds. The fourth-order valence-corrected chi connectivity index (χ4v) is 4.69. The number of rotatable bonds is 6. The highest BCUT2D eigenvalue weighted by molar-refractivity contribution is 7.89. The van der Waals surface area contributed by atoms with Gasteiger partial charge < -0.3 is 10.1 Å². The van der Waals surface area contributed by atoms with Crippen molar-refractivity contribution in [2.75, 3.05) is 19.7 Å². The van der Waals surface area contributed by atoms with Gasteiger partial charge in [-0.1, -0.05) is 11.6 Å². The summed E-state index contributed by atoms with van der Waals surface area (Å²) in [4.78, 5) is 12.3. The second-order valence-corrected chi connectivity index (χ2v) is 8.74. The van der Waals surface area contributed by atoms with Crippen molar-refractivity contribution in [1.29, 1.82) is 0 Å². The molecule has 1 aromatic carbocycles. The van der Waals surface area contributed by atoms with Crippen molar-refractivity contribution in [3.05, 3.63) is 23.2 Å². The van der Waals surface area contributed by atoms with Crippen LogP contribution in [0.5, 0.6) is 5.75 Å². The summed E-state index contributed by atoms with van der Waals surface area (Å²) in [7, 11) is -3.70. The molecule has 1 saturated heterocycles. The number of piperidine rings is 1. The minimum absolute atomic E-state index is 0.0319. The lowest BCUT2D eigenvalue weighted by Gasteiger charge is -2.31. The second-order valence-electron chi connectivity index (χ2n) is 6.39. The molecular formula is C17H25ClN2O4S. The minimum Gasteiger partial charge on any atom is -0.492 e. The van der Waals surface area contributed by atoms with Crippen molar-refractivity contribution >= 4 is 27.5 Å². The summed E-state index contributed by atoms with van der Waals surface area (Å²) in [6.45, 7) is 6.64. The summed E-state index contributed by atoms with van der Waals surface area (Å²) >= 11 is 6.12. The van der Waals surface area contributed by atoms with E-state index in [1.807, 2.05) is 20.8 Å². The zero-order valence-electron chi connectivity index (χ0n) is 14.8. The van der Waals surface area contributed by atoms with E-state index in [1.165, 1.54) is 16.4 Å². The predicted octanol–water partition coefficient (Wildman–Crippen LogP) is 2.66.